The van der Waals surface area contributed by atoms with Crippen LogP contribution in [0.4, 0.5) is 4.39 Å². The third-order valence-corrected chi connectivity index (χ3v) is 5.87. The molecule has 3 atom stereocenters. The number of halogens is 1. The number of hydrogen-bond donors (Lipinski definition) is 2. The monoisotopic (exact) mass is 419 g/mol. The molecule has 2 fully saturated rings. The van der Waals surface area contributed by atoms with Crippen LogP contribution in [0.25, 0.3) is 5.69 Å². The minimum atomic E-state index is -0.962. The van der Waals surface area contributed by atoms with Gasteiger partial charge in [0, 0.05) is 26.2 Å². The molecule has 0 bridgehead atoms. The van der Waals surface area contributed by atoms with Crippen LogP contribution in [0.15, 0.2) is 24.3 Å². The first-order chi connectivity index (χ1) is 14.5. The molecule has 1 aromatic carbocycles. The molecule has 30 heavy (non-hydrogen) atoms. The second-order valence-electron chi connectivity index (χ2n) is 7.70. The first kappa shape index (κ1) is 20.9. The van der Waals surface area contributed by atoms with Crippen LogP contribution >= 0.6 is 0 Å². The normalized spacial score (nSPS) is 25.9. The Balaban J connectivity index is 1.59. The third-order valence-electron chi connectivity index (χ3n) is 5.87. The number of benzene rings is 1. The maximum absolute atomic E-state index is 14.2. The number of morpholine rings is 1. The maximum Gasteiger partial charge on any atom is 0.276 e. The Kier molecular flexibility index (Phi) is 6.09. The van der Waals surface area contributed by atoms with E-state index >= 15 is 0 Å². The molecule has 1 aromatic heterocycles. The van der Waals surface area contributed by atoms with Crippen LogP contribution in [0.1, 0.15) is 22.6 Å². The van der Waals surface area contributed by atoms with Gasteiger partial charge in [0.2, 0.25) is 0 Å². The molecule has 0 unspecified atom stereocenters. The van der Waals surface area contributed by atoms with Gasteiger partial charge in [-0.25, -0.2) is 9.07 Å². The lowest BCUT2D eigenvalue weighted by atomic mass is 10.0. The van der Waals surface area contributed by atoms with Gasteiger partial charge in [-0.15, -0.1) is 5.10 Å². The van der Waals surface area contributed by atoms with Gasteiger partial charge in [0.1, 0.15) is 11.5 Å². The summed E-state index contributed by atoms with van der Waals surface area (Å²) < 4.78 is 20.9. The molecule has 0 saturated carbocycles. The van der Waals surface area contributed by atoms with Crippen molar-refractivity contribution in [1.82, 2.24) is 24.8 Å². The number of rotatable bonds is 3. The minimum Gasteiger partial charge on any atom is -0.390 e. The van der Waals surface area contributed by atoms with Crippen molar-refractivity contribution in [3.8, 4) is 5.69 Å². The van der Waals surface area contributed by atoms with Gasteiger partial charge in [0.25, 0.3) is 5.91 Å². The average molecular weight is 419 g/mol. The topological polar surface area (TPSA) is 104 Å². The number of para-hydroxylation sites is 1. The Hall–Kier alpha value is -2.40. The number of aliphatic hydroxyl groups is 2. The van der Waals surface area contributed by atoms with E-state index in [2.05, 4.69) is 10.3 Å². The largest absolute Gasteiger partial charge is 0.390 e. The fourth-order valence-electron chi connectivity index (χ4n) is 4.09. The van der Waals surface area contributed by atoms with Crippen molar-refractivity contribution in [3.05, 3.63) is 41.5 Å². The molecule has 2 saturated heterocycles. The zero-order chi connectivity index (χ0) is 21.3. The van der Waals surface area contributed by atoms with Crippen molar-refractivity contribution in [2.45, 2.75) is 31.6 Å². The number of carbonyl (C=O) groups is 1. The van der Waals surface area contributed by atoms with Crippen LogP contribution in [-0.4, -0.2) is 98.6 Å². The van der Waals surface area contributed by atoms with Gasteiger partial charge in [0.15, 0.2) is 5.69 Å². The fourth-order valence-corrected chi connectivity index (χ4v) is 4.09. The molecular weight excluding hydrogens is 393 g/mol. The molecule has 162 valence electrons. The highest BCUT2D eigenvalue weighted by Gasteiger charge is 2.38. The van der Waals surface area contributed by atoms with Crippen molar-refractivity contribution in [2.75, 3.05) is 39.4 Å². The van der Waals surface area contributed by atoms with Crippen LogP contribution < -0.4 is 0 Å². The predicted octanol–water partition coefficient (Wildman–Crippen LogP) is -0.0167. The molecule has 3 heterocycles. The quantitative estimate of drug-likeness (QED) is 0.721. The summed E-state index contributed by atoms with van der Waals surface area (Å²) >= 11 is 0. The zero-order valence-electron chi connectivity index (χ0n) is 16.8. The second kappa shape index (κ2) is 8.76. The number of nitrogens with zero attached hydrogens (tertiary/aromatic N) is 5. The average Bonchev–Trinajstić information content (AvgIpc) is 3.07. The lowest BCUT2D eigenvalue weighted by molar-refractivity contribution is -0.0609. The first-order valence-electron chi connectivity index (χ1n) is 10.1. The van der Waals surface area contributed by atoms with Crippen LogP contribution in [-0.2, 0) is 4.74 Å². The van der Waals surface area contributed by atoms with Gasteiger partial charge >= 0.3 is 0 Å². The number of likely N-dealkylation sites (tertiary alicyclic amines) is 1. The summed E-state index contributed by atoms with van der Waals surface area (Å²) in [6.45, 7) is 4.54. The van der Waals surface area contributed by atoms with Gasteiger partial charge in [-0.05, 0) is 25.5 Å². The Labute approximate surface area is 173 Å². The van der Waals surface area contributed by atoms with E-state index in [9.17, 15) is 19.4 Å². The van der Waals surface area contributed by atoms with Crippen molar-refractivity contribution in [2.24, 2.45) is 0 Å². The molecule has 0 spiro atoms. The minimum absolute atomic E-state index is 0.130. The number of aromatic nitrogens is 3. The molecule has 2 aromatic rings. The van der Waals surface area contributed by atoms with E-state index in [1.165, 1.54) is 10.7 Å². The summed E-state index contributed by atoms with van der Waals surface area (Å²) in [5.74, 6) is -0.812. The van der Waals surface area contributed by atoms with E-state index in [0.717, 1.165) is 0 Å². The SMILES string of the molecule is Cc1c(C(=O)N2CC[C@@H](O)[C@@H](O)[C@H](N3CCOCC3)C2)nnn1-c1ccccc1F. The molecular formula is C20H26FN5O4. The summed E-state index contributed by atoms with van der Waals surface area (Å²) in [4.78, 5) is 16.9. The number of carbonyl (C=O) groups excluding carboxylic acids is 1. The summed E-state index contributed by atoms with van der Waals surface area (Å²) in [7, 11) is 0. The van der Waals surface area contributed by atoms with E-state index in [0.29, 0.717) is 32.0 Å². The lowest BCUT2D eigenvalue weighted by Gasteiger charge is -2.38. The molecule has 4 rings (SSSR count). The second-order valence-corrected chi connectivity index (χ2v) is 7.70. The van der Waals surface area contributed by atoms with Crippen LogP contribution in [0.3, 0.4) is 0 Å². The first-order valence-corrected chi connectivity index (χ1v) is 10.1. The summed E-state index contributed by atoms with van der Waals surface area (Å²) in [6, 6.07) is 5.75. The highest BCUT2D eigenvalue weighted by Crippen LogP contribution is 2.22. The maximum atomic E-state index is 14.2. The van der Waals surface area contributed by atoms with Gasteiger partial charge in [0.05, 0.1) is 37.2 Å². The molecule has 2 aliphatic rings. The molecule has 1 amide bonds. The van der Waals surface area contributed by atoms with Crippen LogP contribution in [0.2, 0.25) is 0 Å². The van der Waals surface area contributed by atoms with Gasteiger partial charge in [-0.2, -0.15) is 0 Å². The summed E-state index contributed by atoms with van der Waals surface area (Å²) in [6.07, 6.45) is -1.63. The third kappa shape index (κ3) is 3.95. The highest BCUT2D eigenvalue weighted by molar-refractivity contribution is 5.93. The van der Waals surface area contributed by atoms with E-state index in [4.69, 9.17) is 4.74 Å². The number of hydrogen-bond acceptors (Lipinski definition) is 7. The molecule has 10 heteroatoms. The zero-order valence-corrected chi connectivity index (χ0v) is 16.8. The molecule has 9 nitrogen and oxygen atoms in total. The summed E-state index contributed by atoms with van der Waals surface area (Å²) in [5.41, 5.74) is 0.776. The van der Waals surface area contributed by atoms with Gasteiger partial charge in [-0.3, -0.25) is 9.69 Å². The van der Waals surface area contributed by atoms with Crippen molar-refractivity contribution < 1.29 is 24.1 Å². The van der Waals surface area contributed by atoms with E-state index in [-0.39, 0.29) is 36.8 Å². The molecule has 0 aliphatic carbocycles. The van der Waals surface area contributed by atoms with Gasteiger partial charge in [-0.1, -0.05) is 17.3 Å². The van der Waals surface area contributed by atoms with Crippen molar-refractivity contribution in [1.29, 1.82) is 0 Å². The highest BCUT2D eigenvalue weighted by atomic mass is 19.1. The Morgan fingerprint density at radius 3 is 2.67 bits per heavy atom. The van der Waals surface area contributed by atoms with Crippen LogP contribution in [0.5, 0.6) is 0 Å². The Morgan fingerprint density at radius 1 is 1.20 bits per heavy atom. The molecule has 0 radical (unpaired) electrons. The van der Waals surface area contributed by atoms with Crippen LogP contribution in [0, 0.1) is 12.7 Å². The molecule has 2 N–H and O–H groups in total. The predicted molar refractivity (Wildman–Crippen MR) is 105 cm³/mol. The van der Waals surface area contributed by atoms with Crippen molar-refractivity contribution in [3.63, 3.8) is 0 Å². The summed E-state index contributed by atoms with van der Waals surface area (Å²) in [5, 5.41) is 29.0. The number of amides is 1. The Morgan fingerprint density at radius 2 is 1.93 bits per heavy atom. The number of ether oxygens (including phenoxy) is 1. The lowest BCUT2D eigenvalue weighted by Crippen LogP contribution is -2.55. The van der Waals surface area contributed by atoms with Gasteiger partial charge < -0.3 is 19.8 Å². The van der Waals surface area contributed by atoms with E-state index < -0.39 is 24.1 Å². The van der Waals surface area contributed by atoms with E-state index in [1.807, 2.05) is 4.90 Å². The molecule has 2 aliphatic heterocycles. The number of aliphatic hydroxyl groups excluding tert-OH is 2. The smallest absolute Gasteiger partial charge is 0.276 e. The Bertz CT molecular complexity index is 901. The standard InChI is InChI=1S/C20H26FN5O4/c1-13-18(22-23-26(13)15-5-3-2-4-14(15)21)20(29)25-7-6-17(27)19(28)16(12-25)24-8-10-30-11-9-24/h2-5,16-17,19,27-28H,6-12H2,1H3/t16-,17-,19+/m1/s1. The van der Waals surface area contributed by atoms with E-state index in [1.54, 1.807) is 30.0 Å². The van der Waals surface area contributed by atoms with Crippen molar-refractivity contribution >= 4 is 5.91 Å². The fraction of sp³-hybridized carbons (Fsp3) is 0.550.